The van der Waals surface area contributed by atoms with Crippen molar-refractivity contribution in [1.29, 1.82) is 0 Å². The van der Waals surface area contributed by atoms with Crippen LogP contribution in [0.3, 0.4) is 0 Å². The molecule has 28 heavy (non-hydrogen) atoms. The van der Waals surface area contributed by atoms with E-state index in [9.17, 15) is 9.59 Å². The molecule has 0 saturated heterocycles. The van der Waals surface area contributed by atoms with Crippen LogP contribution in [0.15, 0.2) is 35.9 Å². The summed E-state index contributed by atoms with van der Waals surface area (Å²) in [6.07, 6.45) is 6.25. The summed E-state index contributed by atoms with van der Waals surface area (Å²) in [5.74, 6) is -1.45. The van der Waals surface area contributed by atoms with Crippen molar-refractivity contribution in [3.05, 3.63) is 52.6 Å². The molecule has 0 saturated carbocycles. The summed E-state index contributed by atoms with van der Waals surface area (Å²) >= 11 is 0. The molecule has 154 valence electrons. The lowest BCUT2D eigenvalue weighted by Gasteiger charge is -2.19. The molecule has 1 amide bonds. The van der Waals surface area contributed by atoms with E-state index in [0.29, 0.717) is 5.57 Å². The fourth-order valence-electron chi connectivity index (χ4n) is 3.18. The van der Waals surface area contributed by atoms with Crippen LogP contribution in [-0.4, -0.2) is 46.5 Å². The molecule has 0 radical (unpaired) electrons. The summed E-state index contributed by atoms with van der Waals surface area (Å²) in [6.45, 7) is 7.11. The Bertz CT molecular complexity index is 738. The number of carbonyl (C=O) groups excluding carboxylic acids is 1. The molecule has 1 aromatic rings. The number of carboxylic acid groups (broad SMARTS) is 1. The van der Waals surface area contributed by atoms with Crippen molar-refractivity contribution in [3.63, 3.8) is 0 Å². The number of aliphatic hydroxyl groups is 2. The number of allylic oxidation sites excluding steroid dienone is 1. The molecule has 0 aliphatic carbocycles. The van der Waals surface area contributed by atoms with Gasteiger partial charge in [0.05, 0.1) is 13.2 Å². The Hall–Kier alpha value is -2.44. The highest BCUT2D eigenvalue weighted by Crippen LogP contribution is 2.28. The lowest BCUT2D eigenvalue weighted by molar-refractivity contribution is -0.142. The number of benzene rings is 1. The third-order valence-corrected chi connectivity index (χ3v) is 4.58. The predicted octanol–water partition coefficient (Wildman–Crippen LogP) is 2.64. The van der Waals surface area contributed by atoms with E-state index in [4.69, 9.17) is 15.3 Å². The van der Waals surface area contributed by atoms with Crippen molar-refractivity contribution in [3.8, 4) is 0 Å². The first-order chi connectivity index (χ1) is 13.2. The van der Waals surface area contributed by atoms with Gasteiger partial charge in [-0.1, -0.05) is 55.8 Å². The molecule has 6 heteroatoms. The van der Waals surface area contributed by atoms with Gasteiger partial charge in [0.2, 0.25) is 5.91 Å². The van der Waals surface area contributed by atoms with E-state index >= 15 is 0 Å². The van der Waals surface area contributed by atoms with Crippen LogP contribution in [-0.2, 0) is 9.59 Å². The number of aryl methyl sites for hydroxylation is 1. The van der Waals surface area contributed by atoms with Crippen molar-refractivity contribution in [2.45, 2.75) is 46.1 Å². The van der Waals surface area contributed by atoms with Crippen molar-refractivity contribution in [2.75, 3.05) is 13.2 Å². The molecule has 0 bridgehead atoms. The van der Waals surface area contributed by atoms with Crippen LogP contribution in [0.25, 0.3) is 6.08 Å². The Morgan fingerprint density at radius 3 is 2.46 bits per heavy atom. The van der Waals surface area contributed by atoms with Crippen molar-refractivity contribution in [2.24, 2.45) is 5.92 Å². The van der Waals surface area contributed by atoms with E-state index < -0.39 is 24.5 Å². The van der Waals surface area contributed by atoms with Crippen LogP contribution < -0.4 is 5.32 Å². The maximum Gasteiger partial charge on any atom is 0.328 e. The van der Waals surface area contributed by atoms with Gasteiger partial charge < -0.3 is 20.6 Å². The highest BCUT2D eigenvalue weighted by atomic mass is 16.4. The summed E-state index contributed by atoms with van der Waals surface area (Å²) in [6, 6.07) is 4.92. The molecule has 0 aliphatic rings. The zero-order valence-electron chi connectivity index (χ0n) is 17.0. The molecule has 4 N–H and O–H groups in total. The van der Waals surface area contributed by atoms with Crippen molar-refractivity contribution in [1.82, 2.24) is 5.32 Å². The smallest absolute Gasteiger partial charge is 0.328 e. The molecule has 3 atom stereocenters. The molecule has 1 aromatic carbocycles. The Kier molecular flexibility index (Phi) is 9.62. The minimum atomic E-state index is -1.31. The maximum absolute atomic E-state index is 12.1. The third kappa shape index (κ3) is 7.29. The number of hydrogen-bond donors (Lipinski definition) is 4. The largest absolute Gasteiger partial charge is 0.480 e. The summed E-state index contributed by atoms with van der Waals surface area (Å²) in [4.78, 5) is 23.1. The van der Waals surface area contributed by atoms with Gasteiger partial charge in [-0.3, -0.25) is 4.79 Å². The van der Waals surface area contributed by atoms with E-state index in [-0.39, 0.29) is 18.4 Å². The number of aliphatic hydroxyl groups excluding tert-OH is 2. The Balaban J connectivity index is 2.85. The van der Waals surface area contributed by atoms with Gasteiger partial charge in [-0.25, -0.2) is 4.79 Å². The molecular weight excluding hydrogens is 358 g/mol. The number of carbonyl (C=O) groups is 2. The van der Waals surface area contributed by atoms with Gasteiger partial charge in [-0.05, 0) is 43.2 Å². The first kappa shape index (κ1) is 23.6. The van der Waals surface area contributed by atoms with Crippen molar-refractivity contribution >= 4 is 18.0 Å². The first-order valence-corrected chi connectivity index (χ1v) is 9.40. The summed E-state index contributed by atoms with van der Waals surface area (Å²) in [5.41, 5.74) is 3.80. The van der Waals surface area contributed by atoms with Gasteiger partial charge in [-0.15, -0.1) is 0 Å². The second-order valence-corrected chi connectivity index (χ2v) is 7.23. The normalized spacial score (nSPS) is 15.3. The highest BCUT2D eigenvalue weighted by Gasteiger charge is 2.20. The lowest BCUT2D eigenvalue weighted by atomic mass is 9.87. The van der Waals surface area contributed by atoms with Crippen LogP contribution >= 0.6 is 0 Å². The minimum Gasteiger partial charge on any atom is -0.480 e. The van der Waals surface area contributed by atoms with E-state index in [1.54, 1.807) is 13.0 Å². The number of amides is 1. The van der Waals surface area contributed by atoms with E-state index in [1.807, 2.05) is 26.0 Å². The molecule has 0 unspecified atom stereocenters. The van der Waals surface area contributed by atoms with Crippen LogP contribution in [0.5, 0.6) is 0 Å². The average molecular weight is 389 g/mol. The Morgan fingerprint density at radius 1 is 1.21 bits per heavy atom. The SMILES string of the molecule is CC(=C[C@H](C)C[C@H](C)c1ccc(C)cc1C=CCO)C(=O)N[C@@H](CO)C(=O)O. The summed E-state index contributed by atoms with van der Waals surface area (Å²) in [5, 5.41) is 29.3. The summed E-state index contributed by atoms with van der Waals surface area (Å²) < 4.78 is 0. The predicted molar refractivity (Wildman–Crippen MR) is 110 cm³/mol. The standard InChI is InChI=1S/C22H31NO5/c1-14-7-8-19(18(12-14)6-5-9-24)16(3)10-15(2)11-17(4)21(26)23-20(13-25)22(27)28/h5-8,11-12,15-16,20,24-25H,9-10,13H2,1-4H3,(H,23,26)(H,27,28)/t15-,16+,20+/m1/s1. The second-order valence-electron chi connectivity index (χ2n) is 7.23. The molecule has 0 fully saturated rings. The highest BCUT2D eigenvalue weighted by molar-refractivity contribution is 5.95. The van der Waals surface area contributed by atoms with E-state index in [0.717, 1.165) is 17.5 Å². The fraction of sp³-hybridized carbons (Fsp3) is 0.455. The van der Waals surface area contributed by atoms with Crippen LogP contribution in [0.2, 0.25) is 0 Å². The first-order valence-electron chi connectivity index (χ1n) is 9.40. The van der Waals surface area contributed by atoms with Gasteiger partial charge in [0.25, 0.3) is 0 Å². The van der Waals surface area contributed by atoms with Crippen LogP contribution in [0.1, 0.15) is 49.8 Å². The van der Waals surface area contributed by atoms with Crippen LogP contribution in [0, 0.1) is 12.8 Å². The molecule has 0 heterocycles. The maximum atomic E-state index is 12.1. The van der Waals surface area contributed by atoms with Gasteiger partial charge in [-0.2, -0.15) is 0 Å². The third-order valence-electron chi connectivity index (χ3n) is 4.58. The number of nitrogens with one attached hydrogen (secondary N) is 1. The fourth-order valence-corrected chi connectivity index (χ4v) is 3.18. The number of rotatable bonds is 10. The number of carboxylic acids is 1. The monoisotopic (exact) mass is 389 g/mol. The summed E-state index contributed by atoms with van der Waals surface area (Å²) in [7, 11) is 0. The lowest BCUT2D eigenvalue weighted by Crippen LogP contribution is -2.43. The quantitative estimate of drug-likeness (QED) is 0.460. The van der Waals surface area contributed by atoms with E-state index in [2.05, 4.69) is 30.4 Å². The molecule has 6 nitrogen and oxygen atoms in total. The average Bonchev–Trinajstić information content (AvgIpc) is 2.63. The van der Waals surface area contributed by atoms with Crippen molar-refractivity contribution < 1.29 is 24.9 Å². The molecule has 0 aromatic heterocycles. The zero-order valence-corrected chi connectivity index (χ0v) is 17.0. The zero-order chi connectivity index (χ0) is 21.3. The molecule has 0 aliphatic heterocycles. The van der Waals surface area contributed by atoms with Gasteiger partial charge in [0.15, 0.2) is 6.04 Å². The second kappa shape index (κ2) is 11.4. The minimum absolute atomic E-state index is 0.0135. The van der Waals surface area contributed by atoms with Crippen LogP contribution in [0.4, 0.5) is 0 Å². The number of hydrogen-bond acceptors (Lipinski definition) is 4. The van der Waals surface area contributed by atoms with Gasteiger partial charge in [0.1, 0.15) is 0 Å². The number of aliphatic carboxylic acids is 1. The van der Waals surface area contributed by atoms with Gasteiger partial charge >= 0.3 is 5.97 Å². The van der Waals surface area contributed by atoms with Gasteiger partial charge in [0, 0.05) is 5.57 Å². The van der Waals surface area contributed by atoms with E-state index in [1.165, 1.54) is 5.56 Å². The Morgan fingerprint density at radius 2 is 1.89 bits per heavy atom. The Labute approximate surface area is 166 Å². The topological polar surface area (TPSA) is 107 Å². The molecular formula is C22H31NO5. The molecule has 0 spiro atoms. The molecule has 1 rings (SSSR count).